The van der Waals surface area contributed by atoms with E-state index in [2.05, 4.69) is 252 Å². The van der Waals surface area contributed by atoms with Gasteiger partial charge in [-0.1, -0.05) is 176 Å². The summed E-state index contributed by atoms with van der Waals surface area (Å²) in [6, 6.07) is 89.3. The lowest BCUT2D eigenvalue weighted by Gasteiger charge is -2.32. The number of hydrogen-bond acceptors (Lipinski definition) is 2. The molecule has 0 aliphatic heterocycles. The first kappa shape index (κ1) is 37.3. The molecule has 0 saturated carbocycles. The smallest absolute Gasteiger partial charge is 0.143 e. The molecule has 0 radical (unpaired) electrons. The summed E-state index contributed by atoms with van der Waals surface area (Å²) >= 11 is 0. The van der Waals surface area contributed by atoms with E-state index in [4.69, 9.17) is 4.42 Å². The lowest BCUT2D eigenvalue weighted by Crippen LogP contribution is -2.26. The van der Waals surface area contributed by atoms with E-state index in [9.17, 15) is 0 Å². The summed E-state index contributed by atoms with van der Waals surface area (Å²) in [5.41, 5.74) is 20.8. The lowest BCUT2D eigenvalue weighted by atomic mass is 9.70. The highest BCUT2D eigenvalue weighted by atomic mass is 16.3. The van der Waals surface area contributed by atoms with Crippen molar-refractivity contribution >= 4 is 71.6 Å². The molecule has 0 bridgehead atoms. The van der Waals surface area contributed by atoms with E-state index in [1.807, 2.05) is 0 Å². The summed E-state index contributed by atoms with van der Waals surface area (Å²) in [7, 11) is 0. The normalized spacial score (nSPS) is 13.1. The summed E-state index contributed by atoms with van der Waals surface area (Å²) in [5.74, 6) is 0. The van der Waals surface area contributed by atoms with Crippen LogP contribution in [0.15, 0.2) is 247 Å². The number of benzene rings is 11. The van der Waals surface area contributed by atoms with Gasteiger partial charge in [-0.2, -0.15) is 0 Å². The van der Waals surface area contributed by atoms with Gasteiger partial charge in [0.15, 0.2) is 0 Å². The Balaban J connectivity index is 0.942. The molecule has 2 aliphatic rings. The quantitative estimate of drug-likeness (QED) is 0.172. The van der Waals surface area contributed by atoms with E-state index in [-0.39, 0.29) is 0 Å². The van der Waals surface area contributed by atoms with Crippen molar-refractivity contribution in [3.8, 4) is 39.1 Å². The first-order valence-electron chi connectivity index (χ1n) is 23.5. The third-order valence-electron chi connectivity index (χ3n) is 15.0. The van der Waals surface area contributed by atoms with Crippen LogP contribution in [0.5, 0.6) is 0 Å². The molecule has 0 unspecified atom stereocenters. The first-order chi connectivity index (χ1) is 33.7. The van der Waals surface area contributed by atoms with Gasteiger partial charge in [0.05, 0.1) is 27.5 Å². The van der Waals surface area contributed by atoms with Crippen LogP contribution < -0.4 is 4.90 Å². The third kappa shape index (κ3) is 5.02. The molecule has 13 aromatic rings. The fraction of sp³-hybridized carbons (Fsp3) is 0.0154. The Kier molecular flexibility index (Phi) is 7.71. The topological polar surface area (TPSA) is 21.3 Å². The minimum atomic E-state index is -0.473. The van der Waals surface area contributed by atoms with E-state index < -0.39 is 5.41 Å². The van der Waals surface area contributed by atoms with Crippen molar-refractivity contribution < 1.29 is 4.42 Å². The van der Waals surface area contributed by atoms with Crippen molar-refractivity contribution in [1.29, 1.82) is 0 Å². The van der Waals surface area contributed by atoms with Crippen molar-refractivity contribution in [3.63, 3.8) is 0 Å². The summed E-state index contributed by atoms with van der Waals surface area (Å²) in [5, 5.41) is 6.98. The molecule has 0 saturated heterocycles. The van der Waals surface area contributed by atoms with Gasteiger partial charge in [0.25, 0.3) is 0 Å². The maximum atomic E-state index is 6.84. The number of aromatic nitrogens is 1. The molecule has 2 aromatic heterocycles. The maximum Gasteiger partial charge on any atom is 0.143 e. The van der Waals surface area contributed by atoms with Crippen molar-refractivity contribution in [3.05, 3.63) is 265 Å². The van der Waals surface area contributed by atoms with Crippen LogP contribution >= 0.6 is 0 Å². The van der Waals surface area contributed by atoms with E-state index in [0.29, 0.717) is 0 Å². The molecule has 1 spiro atoms. The molecule has 316 valence electrons. The van der Waals surface area contributed by atoms with Crippen LogP contribution in [-0.4, -0.2) is 4.57 Å². The number of anilines is 3. The van der Waals surface area contributed by atoms with Crippen LogP contribution in [-0.2, 0) is 5.41 Å². The second-order valence-corrected chi connectivity index (χ2v) is 18.3. The SMILES string of the molecule is c1cc(-c2ccc(N(c3ccc4c(c3)C3(c5ccccc5-c5ccccc53)c3ccccc3-4)c3cccc4oc5c6ccccc6ccc5c34)cc2)cc(-n2c3ccccc3c3ccccc32)c1. The third-order valence-corrected chi connectivity index (χ3v) is 15.0. The highest BCUT2D eigenvalue weighted by molar-refractivity contribution is 6.19. The number of para-hydroxylation sites is 2. The molecule has 3 nitrogen and oxygen atoms in total. The number of fused-ring (bicyclic) bond motifs is 18. The Hall–Kier alpha value is -8.92. The zero-order valence-corrected chi connectivity index (χ0v) is 36.9. The van der Waals surface area contributed by atoms with Gasteiger partial charge in [0, 0.05) is 38.6 Å². The Bertz CT molecular complexity index is 4110. The molecule has 0 amide bonds. The molecule has 3 heteroatoms. The van der Waals surface area contributed by atoms with Gasteiger partial charge in [0.2, 0.25) is 0 Å². The monoisotopic (exact) mass is 864 g/mol. The second kappa shape index (κ2) is 14.0. The van der Waals surface area contributed by atoms with Gasteiger partial charge in [0.1, 0.15) is 11.2 Å². The van der Waals surface area contributed by atoms with Crippen molar-refractivity contribution in [2.24, 2.45) is 0 Å². The van der Waals surface area contributed by atoms with Crippen molar-refractivity contribution in [2.75, 3.05) is 4.90 Å². The van der Waals surface area contributed by atoms with Crippen LogP contribution in [0.1, 0.15) is 22.3 Å². The zero-order chi connectivity index (χ0) is 44.5. The highest BCUT2D eigenvalue weighted by Gasteiger charge is 2.51. The zero-order valence-electron chi connectivity index (χ0n) is 36.9. The molecule has 11 aromatic carbocycles. The van der Waals surface area contributed by atoms with E-state index in [1.165, 1.54) is 66.3 Å². The predicted octanol–water partition coefficient (Wildman–Crippen LogP) is 17.3. The standard InChI is InChI=1S/C65H40N2O/c1-2-18-47-42(15-1)33-37-54-63-61(29-14-30-62(63)68-64(47)54)66(44-34-31-41(32-35-44)43-16-13-17-45(39-43)67-59-27-11-6-22-52(59)53-23-7-12-28-60(53)67)46-36-38-51-50-21-5-10-26-57(50)65(58(51)40-46)55-24-8-3-19-48(55)49-20-4-9-25-56(49)65/h1-40H. The van der Waals surface area contributed by atoms with E-state index in [1.54, 1.807) is 0 Å². The molecule has 15 rings (SSSR count). The van der Waals surface area contributed by atoms with Crippen LogP contribution in [0.4, 0.5) is 17.1 Å². The van der Waals surface area contributed by atoms with Gasteiger partial charge >= 0.3 is 0 Å². The Morgan fingerprint density at radius 1 is 0.368 bits per heavy atom. The van der Waals surface area contributed by atoms with E-state index in [0.717, 1.165) is 66.6 Å². The molecule has 0 fully saturated rings. The maximum absolute atomic E-state index is 6.84. The number of hydrogen-bond donors (Lipinski definition) is 0. The van der Waals surface area contributed by atoms with Crippen LogP contribution in [0, 0.1) is 0 Å². The highest BCUT2D eigenvalue weighted by Crippen LogP contribution is 2.63. The Morgan fingerprint density at radius 3 is 1.63 bits per heavy atom. The molecular weight excluding hydrogens is 825 g/mol. The molecule has 68 heavy (non-hydrogen) atoms. The summed E-state index contributed by atoms with van der Waals surface area (Å²) in [6.07, 6.45) is 0. The largest absolute Gasteiger partial charge is 0.455 e. The molecular formula is C65H40N2O. The predicted molar refractivity (Wildman–Crippen MR) is 282 cm³/mol. The van der Waals surface area contributed by atoms with Gasteiger partial charge in [-0.15, -0.1) is 0 Å². The second-order valence-electron chi connectivity index (χ2n) is 18.3. The molecule has 0 N–H and O–H groups in total. The van der Waals surface area contributed by atoms with Gasteiger partial charge in [-0.3, -0.25) is 0 Å². The average molecular weight is 865 g/mol. The number of furan rings is 1. The lowest BCUT2D eigenvalue weighted by molar-refractivity contribution is 0.672. The summed E-state index contributed by atoms with van der Waals surface area (Å²) in [4.78, 5) is 2.45. The van der Waals surface area contributed by atoms with E-state index >= 15 is 0 Å². The number of rotatable bonds is 5. The van der Waals surface area contributed by atoms with Crippen molar-refractivity contribution in [1.82, 2.24) is 4.57 Å². The molecule has 0 atom stereocenters. The van der Waals surface area contributed by atoms with Crippen LogP contribution in [0.3, 0.4) is 0 Å². The van der Waals surface area contributed by atoms with Gasteiger partial charge < -0.3 is 13.9 Å². The van der Waals surface area contributed by atoms with Gasteiger partial charge in [-0.25, -0.2) is 0 Å². The fourth-order valence-electron chi connectivity index (χ4n) is 12.2. The van der Waals surface area contributed by atoms with Crippen LogP contribution in [0.2, 0.25) is 0 Å². The number of nitrogens with zero attached hydrogens (tertiary/aromatic N) is 2. The summed E-state index contributed by atoms with van der Waals surface area (Å²) < 4.78 is 9.23. The minimum Gasteiger partial charge on any atom is -0.455 e. The average Bonchev–Trinajstić information content (AvgIpc) is 4.13. The van der Waals surface area contributed by atoms with Gasteiger partial charge in [-0.05, 0) is 128 Å². The first-order valence-corrected chi connectivity index (χ1v) is 23.5. The fourth-order valence-corrected chi connectivity index (χ4v) is 12.2. The Labute approximate surface area is 393 Å². The van der Waals surface area contributed by atoms with Crippen molar-refractivity contribution in [2.45, 2.75) is 5.41 Å². The Morgan fingerprint density at radius 2 is 0.941 bits per heavy atom. The van der Waals surface area contributed by atoms with Crippen LogP contribution in [0.25, 0.3) is 93.6 Å². The molecule has 2 heterocycles. The minimum absolute atomic E-state index is 0.473. The summed E-state index contributed by atoms with van der Waals surface area (Å²) in [6.45, 7) is 0. The molecule has 2 aliphatic carbocycles.